The van der Waals surface area contributed by atoms with Crippen molar-refractivity contribution in [3.63, 3.8) is 0 Å². The molecule has 0 spiro atoms. The van der Waals surface area contributed by atoms with Gasteiger partial charge in [0.05, 0.1) is 35.8 Å². The van der Waals surface area contributed by atoms with Crippen molar-refractivity contribution < 1.29 is 19.0 Å². The predicted octanol–water partition coefficient (Wildman–Crippen LogP) is 6.81. The van der Waals surface area contributed by atoms with Gasteiger partial charge in [0, 0.05) is 15.6 Å². The van der Waals surface area contributed by atoms with E-state index in [-0.39, 0.29) is 18.9 Å². The zero-order chi connectivity index (χ0) is 24.7. The highest BCUT2D eigenvalue weighted by Gasteiger charge is 2.11. The molecule has 0 aliphatic rings. The van der Waals surface area contributed by atoms with Crippen molar-refractivity contribution in [2.24, 2.45) is 5.10 Å². The highest BCUT2D eigenvalue weighted by atomic mass is 79.9. The van der Waals surface area contributed by atoms with Crippen molar-refractivity contribution in [1.29, 1.82) is 0 Å². The third-order valence-corrected chi connectivity index (χ3v) is 6.39. The summed E-state index contributed by atoms with van der Waals surface area (Å²) in [6.45, 7) is 0.271. The number of nitrogens with one attached hydrogen (secondary N) is 1. The molecule has 3 aromatic rings. The number of carbonyl (C=O) groups is 1. The second-order valence-electron chi connectivity index (χ2n) is 7.00. The molecule has 10 heteroatoms. The van der Waals surface area contributed by atoms with Gasteiger partial charge in [0.2, 0.25) is 5.91 Å². The van der Waals surface area contributed by atoms with Gasteiger partial charge in [-0.15, -0.1) is 0 Å². The van der Waals surface area contributed by atoms with Gasteiger partial charge < -0.3 is 14.2 Å². The molecule has 1 amide bonds. The molecule has 0 radical (unpaired) electrons. The van der Waals surface area contributed by atoms with E-state index in [0.29, 0.717) is 36.2 Å². The number of methoxy groups -OCH3 is 2. The van der Waals surface area contributed by atoms with E-state index in [1.807, 2.05) is 18.2 Å². The molecule has 0 aliphatic heterocycles. The summed E-state index contributed by atoms with van der Waals surface area (Å²) in [4.78, 5) is 12.3. The number of halogens is 4. The first kappa shape index (κ1) is 26.3. The molecule has 3 rings (SSSR count). The van der Waals surface area contributed by atoms with Crippen molar-refractivity contribution in [2.75, 3.05) is 14.2 Å². The summed E-state index contributed by atoms with van der Waals surface area (Å²) in [6, 6.07) is 14.2. The third kappa shape index (κ3) is 7.12. The Hall–Kier alpha value is -2.26. The average molecular weight is 631 g/mol. The fourth-order valence-electron chi connectivity index (χ4n) is 2.97. The minimum absolute atomic E-state index is 0.144. The van der Waals surface area contributed by atoms with Gasteiger partial charge in [0.1, 0.15) is 12.4 Å². The first-order valence-electron chi connectivity index (χ1n) is 9.89. The molecule has 0 unspecified atom stereocenters. The van der Waals surface area contributed by atoms with Gasteiger partial charge in [-0.25, -0.2) is 5.43 Å². The summed E-state index contributed by atoms with van der Waals surface area (Å²) < 4.78 is 17.8. The van der Waals surface area contributed by atoms with Crippen molar-refractivity contribution in [1.82, 2.24) is 5.43 Å². The van der Waals surface area contributed by atoms with Crippen LogP contribution in [0.3, 0.4) is 0 Å². The third-order valence-electron chi connectivity index (χ3n) is 4.62. The van der Waals surface area contributed by atoms with E-state index < -0.39 is 0 Å². The van der Waals surface area contributed by atoms with E-state index >= 15 is 0 Å². The van der Waals surface area contributed by atoms with Gasteiger partial charge in [0.15, 0.2) is 11.5 Å². The first-order chi connectivity index (χ1) is 16.3. The van der Waals surface area contributed by atoms with E-state index in [1.54, 1.807) is 50.8 Å². The van der Waals surface area contributed by atoms with Gasteiger partial charge in [0.25, 0.3) is 0 Å². The molecule has 178 valence electrons. The zero-order valence-corrected chi connectivity index (χ0v) is 22.9. The number of nitrogens with zero attached hydrogens (tertiary/aromatic N) is 1. The van der Waals surface area contributed by atoms with Crippen molar-refractivity contribution in [2.45, 2.75) is 13.0 Å². The lowest BCUT2D eigenvalue weighted by Crippen LogP contribution is -2.19. The lowest BCUT2D eigenvalue weighted by molar-refractivity contribution is -0.120. The Morgan fingerprint density at radius 1 is 1.00 bits per heavy atom. The molecule has 34 heavy (non-hydrogen) atoms. The van der Waals surface area contributed by atoms with Crippen LogP contribution in [0.4, 0.5) is 0 Å². The van der Waals surface area contributed by atoms with E-state index in [0.717, 1.165) is 16.7 Å². The molecule has 0 aromatic heterocycles. The van der Waals surface area contributed by atoms with Crippen LogP contribution in [-0.2, 0) is 17.8 Å². The molecule has 0 saturated carbocycles. The monoisotopic (exact) mass is 628 g/mol. The average Bonchev–Trinajstić information content (AvgIpc) is 2.79. The number of amides is 1. The van der Waals surface area contributed by atoms with E-state index in [9.17, 15) is 4.79 Å². The second-order valence-corrected chi connectivity index (χ2v) is 9.55. The molecule has 6 nitrogen and oxygen atoms in total. The van der Waals surface area contributed by atoms with Crippen LogP contribution in [0.1, 0.15) is 16.7 Å². The molecule has 3 aromatic carbocycles. The Balaban J connectivity index is 1.60. The Kier molecular flexibility index (Phi) is 9.64. The van der Waals surface area contributed by atoms with Crippen LogP contribution >= 0.6 is 55.1 Å². The van der Waals surface area contributed by atoms with Crippen LogP contribution in [0.25, 0.3) is 0 Å². The normalized spacial score (nSPS) is 10.9. The van der Waals surface area contributed by atoms with E-state index in [1.165, 1.54) is 0 Å². The summed E-state index contributed by atoms with van der Waals surface area (Å²) in [5, 5.41) is 5.15. The molecule has 0 heterocycles. The predicted molar refractivity (Wildman–Crippen MR) is 142 cm³/mol. The van der Waals surface area contributed by atoms with Crippen molar-refractivity contribution in [3.05, 3.63) is 84.2 Å². The topological polar surface area (TPSA) is 69.2 Å². The molecule has 0 aliphatic carbocycles. The van der Waals surface area contributed by atoms with Crippen molar-refractivity contribution >= 4 is 67.2 Å². The lowest BCUT2D eigenvalue weighted by atomic mass is 10.1. The fraction of sp³-hybridized carbons (Fsp3) is 0.167. The smallest absolute Gasteiger partial charge is 0.244 e. The molecule has 0 atom stereocenters. The van der Waals surface area contributed by atoms with Crippen molar-refractivity contribution in [3.8, 4) is 17.2 Å². The standard InChI is InChI=1S/C24H20Br2Cl2N2O4/c1-32-21-6-3-14(9-22(21)33-2)10-23(31)30-29-12-15-7-18(25)24(19(26)8-15)34-13-16-4-5-17(27)11-20(16)28/h3-9,11-12H,10,13H2,1-2H3,(H,30,31)/b29-12+. The maximum absolute atomic E-state index is 12.3. The Bertz CT molecular complexity index is 1200. The number of benzene rings is 3. The molecule has 1 N–H and O–H groups in total. The lowest BCUT2D eigenvalue weighted by Gasteiger charge is -2.12. The van der Waals surface area contributed by atoms with Crippen LogP contribution in [0.5, 0.6) is 17.2 Å². The number of rotatable bonds is 9. The van der Waals surface area contributed by atoms with Crippen LogP contribution in [0.15, 0.2) is 62.6 Å². The van der Waals surface area contributed by atoms with Gasteiger partial charge in [-0.1, -0.05) is 35.3 Å². The van der Waals surface area contributed by atoms with Gasteiger partial charge >= 0.3 is 0 Å². The SMILES string of the molecule is COc1ccc(CC(=O)N/N=C/c2cc(Br)c(OCc3ccc(Cl)cc3Cl)c(Br)c2)cc1OC. The van der Waals surface area contributed by atoms with Crippen LogP contribution < -0.4 is 19.6 Å². The Morgan fingerprint density at radius 3 is 2.35 bits per heavy atom. The second kappa shape index (κ2) is 12.4. The maximum atomic E-state index is 12.3. The molecule has 0 bridgehead atoms. The quantitative estimate of drug-likeness (QED) is 0.208. The fourth-order valence-corrected chi connectivity index (χ4v) is 4.89. The van der Waals surface area contributed by atoms with Crippen LogP contribution in [0.2, 0.25) is 10.0 Å². The van der Waals surface area contributed by atoms with Gasteiger partial charge in [-0.2, -0.15) is 5.10 Å². The molecular formula is C24H20Br2Cl2N2O4. The van der Waals surface area contributed by atoms with Gasteiger partial charge in [-0.3, -0.25) is 4.79 Å². The summed E-state index contributed by atoms with van der Waals surface area (Å²) >= 11 is 19.2. The number of hydrogen-bond acceptors (Lipinski definition) is 5. The highest BCUT2D eigenvalue weighted by molar-refractivity contribution is 9.11. The number of hydrazone groups is 1. The largest absolute Gasteiger partial charge is 0.493 e. The van der Waals surface area contributed by atoms with E-state index in [2.05, 4.69) is 42.4 Å². The summed E-state index contributed by atoms with van der Waals surface area (Å²) in [5.41, 5.74) is 4.87. The minimum atomic E-state index is -0.263. The number of hydrogen-bond donors (Lipinski definition) is 1. The Morgan fingerprint density at radius 2 is 1.71 bits per heavy atom. The Labute approximate surface area is 224 Å². The van der Waals surface area contributed by atoms with Crippen LogP contribution in [0, 0.1) is 0 Å². The molecule has 0 fully saturated rings. The maximum Gasteiger partial charge on any atom is 0.244 e. The molecular weight excluding hydrogens is 611 g/mol. The summed E-state index contributed by atoms with van der Waals surface area (Å²) in [7, 11) is 3.11. The molecule has 0 saturated heterocycles. The number of carbonyl (C=O) groups excluding carboxylic acids is 1. The number of ether oxygens (including phenoxy) is 3. The first-order valence-corrected chi connectivity index (χ1v) is 12.2. The van der Waals surface area contributed by atoms with Gasteiger partial charge in [-0.05, 0) is 79.4 Å². The summed E-state index contributed by atoms with van der Waals surface area (Å²) in [6.07, 6.45) is 1.69. The minimum Gasteiger partial charge on any atom is -0.493 e. The van der Waals surface area contributed by atoms with E-state index in [4.69, 9.17) is 37.4 Å². The highest BCUT2D eigenvalue weighted by Crippen LogP contribution is 2.35. The zero-order valence-electron chi connectivity index (χ0n) is 18.2. The summed E-state index contributed by atoms with van der Waals surface area (Å²) in [5.74, 6) is 1.51. The van der Waals surface area contributed by atoms with Crippen LogP contribution in [-0.4, -0.2) is 26.3 Å².